The van der Waals surface area contributed by atoms with Crippen LogP contribution in [0.15, 0.2) is 0 Å². The molecule has 0 unspecified atom stereocenters. The molecule has 2 atom stereocenters. The van der Waals surface area contributed by atoms with Crippen molar-refractivity contribution in [3.8, 4) is 0 Å². The summed E-state index contributed by atoms with van der Waals surface area (Å²) in [5.74, 6) is -0.633. The molecule has 4 nitrogen and oxygen atoms in total. The maximum Gasteiger partial charge on any atom is 0.327 e. The molecule has 0 aromatic heterocycles. The summed E-state index contributed by atoms with van der Waals surface area (Å²) in [6.07, 6.45) is 0.753. The summed E-state index contributed by atoms with van der Waals surface area (Å²) in [6.45, 7) is 1.92. The Kier molecular flexibility index (Phi) is 2.97. The van der Waals surface area contributed by atoms with Crippen molar-refractivity contribution in [2.24, 2.45) is 0 Å². The lowest BCUT2D eigenvalue weighted by Gasteiger charge is -2.25. The quantitative estimate of drug-likeness (QED) is 0.645. The van der Waals surface area contributed by atoms with E-state index in [2.05, 4.69) is 5.32 Å². The molecule has 1 heterocycles. The van der Waals surface area contributed by atoms with E-state index >= 15 is 0 Å². The molecule has 0 aromatic carbocycles. The van der Waals surface area contributed by atoms with Crippen molar-refractivity contribution < 1.29 is 14.7 Å². The van der Waals surface area contributed by atoms with Crippen LogP contribution in [0.5, 0.6) is 0 Å². The lowest BCUT2D eigenvalue weighted by molar-refractivity contribution is -0.141. The van der Waals surface area contributed by atoms with Crippen molar-refractivity contribution in [1.29, 1.82) is 0 Å². The fourth-order valence-corrected chi connectivity index (χ4v) is 2.14. The summed E-state index contributed by atoms with van der Waals surface area (Å²) in [7, 11) is 0. The number of hydrogen-bond acceptors (Lipinski definition) is 3. The molecule has 1 aliphatic rings. The Morgan fingerprint density at radius 1 is 1.83 bits per heavy atom. The summed E-state index contributed by atoms with van der Waals surface area (Å²) in [5, 5.41) is 11.0. The molecule has 0 radical (unpaired) electrons. The highest BCUT2D eigenvalue weighted by atomic mass is 32.2. The van der Waals surface area contributed by atoms with Gasteiger partial charge >= 0.3 is 5.97 Å². The molecule has 1 fully saturated rings. The molecule has 0 bridgehead atoms. The van der Waals surface area contributed by atoms with Crippen LogP contribution >= 0.6 is 11.8 Å². The third-order valence-electron chi connectivity index (χ3n) is 1.74. The zero-order valence-corrected chi connectivity index (χ0v) is 7.56. The molecule has 1 amide bonds. The van der Waals surface area contributed by atoms with Crippen molar-refractivity contribution in [3.05, 3.63) is 0 Å². The lowest BCUT2D eigenvalue weighted by atomic mass is 10.2. The van der Waals surface area contributed by atoms with Gasteiger partial charge in [-0.3, -0.25) is 4.79 Å². The molecule has 1 aliphatic heterocycles. The lowest BCUT2D eigenvalue weighted by Crippen LogP contribution is -2.50. The van der Waals surface area contributed by atoms with Crippen molar-refractivity contribution >= 4 is 23.6 Å². The van der Waals surface area contributed by atoms with Gasteiger partial charge < -0.3 is 10.4 Å². The minimum Gasteiger partial charge on any atom is -0.480 e. The van der Waals surface area contributed by atoms with Crippen LogP contribution in [0, 0.1) is 0 Å². The van der Waals surface area contributed by atoms with Gasteiger partial charge in [-0.2, -0.15) is 0 Å². The van der Waals surface area contributed by atoms with Crippen molar-refractivity contribution in [2.75, 3.05) is 5.75 Å². The summed E-state index contributed by atoms with van der Waals surface area (Å²) in [5.41, 5.74) is 0. The zero-order chi connectivity index (χ0) is 9.14. The Bertz CT molecular complexity index is 207. The van der Waals surface area contributed by atoms with E-state index < -0.39 is 12.0 Å². The molecule has 2 N–H and O–H groups in total. The molecule has 12 heavy (non-hydrogen) atoms. The van der Waals surface area contributed by atoms with E-state index in [0.29, 0.717) is 5.75 Å². The Morgan fingerprint density at radius 2 is 2.50 bits per heavy atom. The van der Waals surface area contributed by atoms with E-state index in [1.807, 2.05) is 6.92 Å². The predicted molar refractivity (Wildman–Crippen MR) is 46.1 cm³/mol. The van der Waals surface area contributed by atoms with Crippen LogP contribution in [0.3, 0.4) is 0 Å². The first-order valence-corrected chi connectivity index (χ1v) is 4.84. The third kappa shape index (κ3) is 1.91. The average molecular weight is 189 g/mol. The van der Waals surface area contributed by atoms with E-state index in [1.54, 1.807) is 0 Å². The van der Waals surface area contributed by atoms with Gasteiger partial charge in [0.2, 0.25) is 5.91 Å². The standard InChI is InChI=1S/C7H11NO3S/c1-2-5-6(9)8-4(3-12-5)7(10)11/h4-5H,2-3H2,1H3,(H,8,9)(H,10,11)/t4-,5+/m1/s1. The predicted octanol–water partition coefficient (Wildman–Crippen LogP) is 0.0812. The average Bonchev–Trinajstić information content (AvgIpc) is 2.04. The molecule has 0 saturated carbocycles. The number of nitrogens with one attached hydrogen (secondary N) is 1. The summed E-state index contributed by atoms with van der Waals surface area (Å²) < 4.78 is 0. The number of aliphatic carboxylic acids is 1. The van der Waals surface area contributed by atoms with Gasteiger partial charge in [0.1, 0.15) is 6.04 Å². The largest absolute Gasteiger partial charge is 0.480 e. The molecule has 5 heteroatoms. The van der Waals surface area contributed by atoms with Crippen molar-refractivity contribution in [3.63, 3.8) is 0 Å². The number of carboxylic acids is 1. The van der Waals surface area contributed by atoms with Gasteiger partial charge in [0, 0.05) is 5.75 Å². The first-order chi connectivity index (χ1) is 5.65. The highest BCUT2D eigenvalue weighted by Crippen LogP contribution is 2.20. The first-order valence-electron chi connectivity index (χ1n) is 3.80. The van der Waals surface area contributed by atoms with Gasteiger partial charge in [-0.1, -0.05) is 6.92 Å². The highest BCUT2D eigenvalue weighted by Gasteiger charge is 2.30. The minimum atomic E-state index is -0.953. The third-order valence-corrected chi connectivity index (χ3v) is 3.22. The zero-order valence-electron chi connectivity index (χ0n) is 6.74. The molecular weight excluding hydrogens is 178 g/mol. The molecule has 1 rings (SSSR count). The van der Waals surface area contributed by atoms with Crippen LogP contribution in [0.1, 0.15) is 13.3 Å². The number of carbonyl (C=O) groups is 2. The van der Waals surface area contributed by atoms with E-state index in [9.17, 15) is 9.59 Å². The molecular formula is C7H11NO3S. The number of amides is 1. The van der Waals surface area contributed by atoms with Crippen LogP contribution in [-0.2, 0) is 9.59 Å². The first kappa shape index (κ1) is 9.38. The Labute approximate surface area is 74.7 Å². The van der Waals surface area contributed by atoms with Crippen LogP contribution < -0.4 is 5.32 Å². The van der Waals surface area contributed by atoms with Gasteiger partial charge in [0.15, 0.2) is 0 Å². The Balaban J connectivity index is 2.52. The van der Waals surface area contributed by atoms with Gasteiger partial charge in [-0.15, -0.1) is 11.8 Å². The number of carboxylic acid groups (broad SMARTS) is 1. The topological polar surface area (TPSA) is 66.4 Å². The molecule has 0 aromatic rings. The van der Waals surface area contributed by atoms with Crippen LogP contribution in [0.2, 0.25) is 0 Å². The van der Waals surface area contributed by atoms with Crippen LogP contribution in [0.4, 0.5) is 0 Å². The minimum absolute atomic E-state index is 0.0689. The van der Waals surface area contributed by atoms with Crippen molar-refractivity contribution in [2.45, 2.75) is 24.6 Å². The SMILES string of the molecule is CC[C@@H]1SC[C@H](C(=O)O)NC1=O. The second kappa shape index (κ2) is 3.80. The monoisotopic (exact) mass is 189 g/mol. The van der Waals surface area contributed by atoms with E-state index in [0.717, 1.165) is 6.42 Å². The molecule has 0 aliphatic carbocycles. The molecule has 0 spiro atoms. The maximum atomic E-state index is 11.1. The van der Waals surface area contributed by atoms with E-state index in [-0.39, 0.29) is 11.2 Å². The number of thioether (sulfide) groups is 1. The second-order valence-electron chi connectivity index (χ2n) is 2.63. The summed E-state index contributed by atoms with van der Waals surface area (Å²) >= 11 is 1.41. The molecule has 68 valence electrons. The maximum absolute atomic E-state index is 11.1. The van der Waals surface area contributed by atoms with Gasteiger partial charge in [-0.25, -0.2) is 4.79 Å². The summed E-state index contributed by atoms with van der Waals surface area (Å²) in [4.78, 5) is 21.6. The fourth-order valence-electron chi connectivity index (χ4n) is 1.03. The Morgan fingerprint density at radius 3 is 2.92 bits per heavy atom. The number of rotatable bonds is 2. The fraction of sp³-hybridized carbons (Fsp3) is 0.714. The number of carbonyl (C=O) groups excluding carboxylic acids is 1. The smallest absolute Gasteiger partial charge is 0.327 e. The Hall–Kier alpha value is -0.710. The van der Waals surface area contributed by atoms with Gasteiger partial charge in [0.05, 0.1) is 5.25 Å². The highest BCUT2D eigenvalue weighted by molar-refractivity contribution is 8.00. The van der Waals surface area contributed by atoms with E-state index in [1.165, 1.54) is 11.8 Å². The second-order valence-corrected chi connectivity index (χ2v) is 3.87. The summed E-state index contributed by atoms with van der Waals surface area (Å²) in [6, 6.07) is -0.703. The van der Waals surface area contributed by atoms with Crippen LogP contribution in [-0.4, -0.2) is 34.0 Å². The number of hydrogen-bond donors (Lipinski definition) is 2. The molecule has 1 saturated heterocycles. The normalized spacial score (nSPS) is 29.6. The van der Waals surface area contributed by atoms with Gasteiger partial charge in [-0.05, 0) is 6.42 Å². The van der Waals surface area contributed by atoms with Gasteiger partial charge in [0.25, 0.3) is 0 Å². The van der Waals surface area contributed by atoms with Crippen LogP contribution in [0.25, 0.3) is 0 Å². The van der Waals surface area contributed by atoms with Crippen molar-refractivity contribution in [1.82, 2.24) is 5.32 Å². The van der Waals surface area contributed by atoms with E-state index in [4.69, 9.17) is 5.11 Å².